The molecule has 0 atom stereocenters. The molecule has 1 heterocycles. The normalized spacial score (nSPS) is 16.8. The summed E-state index contributed by atoms with van der Waals surface area (Å²) in [7, 11) is 0. The van der Waals surface area contributed by atoms with Crippen LogP contribution in [0.15, 0.2) is 29.2 Å². The van der Waals surface area contributed by atoms with Crippen LogP contribution in [0.2, 0.25) is 0 Å². The maximum Gasteiger partial charge on any atom is 0.0108 e. The van der Waals surface area contributed by atoms with Gasteiger partial charge < -0.3 is 10.2 Å². The molecular weight excluding hydrogens is 264 g/mol. The van der Waals surface area contributed by atoms with E-state index >= 15 is 0 Å². The average Bonchev–Trinajstić information content (AvgIpc) is 2.49. The van der Waals surface area contributed by atoms with Crippen molar-refractivity contribution in [1.29, 1.82) is 0 Å². The minimum atomic E-state index is 0.903. The Morgan fingerprint density at radius 2 is 1.90 bits per heavy atom. The van der Waals surface area contributed by atoms with Gasteiger partial charge in [0, 0.05) is 23.7 Å². The third-order valence-corrected chi connectivity index (χ3v) is 5.11. The van der Waals surface area contributed by atoms with E-state index in [1.807, 2.05) is 11.8 Å². The van der Waals surface area contributed by atoms with E-state index in [0.717, 1.165) is 5.92 Å². The van der Waals surface area contributed by atoms with Crippen molar-refractivity contribution in [2.75, 3.05) is 38.5 Å². The second-order valence-corrected chi connectivity index (χ2v) is 6.92. The zero-order valence-electron chi connectivity index (χ0n) is 12.9. The molecule has 0 aromatic heterocycles. The number of nitrogens with zero attached hydrogens (tertiary/aromatic N) is 1. The van der Waals surface area contributed by atoms with Gasteiger partial charge in [-0.05, 0) is 57.5 Å². The lowest BCUT2D eigenvalue weighted by molar-refractivity contribution is 0.223. The molecule has 1 fully saturated rings. The first-order valence-corrected chi connectivity index (χ1v) is 8.89. The molecule has 1 aromatic rings. The van der Waals surface area contributed by atoms with E-state index in [1.54, 1.807) is 0 Å². The molecule has 112 valence electrons. The van der Waals surface area contributed by atoms with Crippen LogP contribution in [0.4, 0.5) is 0 Å². The monoisotopic (exact) mass is 292 g/mol. The van der Waals surface area contributed by atoms with Crippen LogP contribution >= 0.6 is 11.8 Å². The Morgan fingerprint density at radius 3 is 2.55 bits per heavy atom. The molecule has 2 nitrogen and oxygen atoms in total. The van der Waals surface area contributed by atoms with Crippen molar-refractivity contribution in [1.82, 2.24) is 10.2 Å². The highest BCUT2D eigenvalue weighted by atomic mass is 32.2. The molecule has 2 rings (SSSR count). The SMILES string of the molecule is CCN(CCSc1ccc(C)cc1)CC1CCNCC1. The summed E-state index contributed by atoms with van der Waals surface area (Å²) in [4.78, 5) is 4.02. The molecule has 1 aromatic carbocycles. The third kappa shape index (κ3) is 5.47. The minimum Gasteiger partial charge on any atom is -0.317 e. The largest absolute Gasteiger partial charge is 0.317 e. The highest BCUT2D eigenvalue weighted by molar-refractivity contribution is 7.99. The average molecular weight is 292 g/mol. The smallest absolute Gasteiger partial charge is 0.0108 e. The van der Waals surface area contributed by atoms with Gasteiger partial charge in [-0.15, -0.1) is 11.8 Å². The molecule has 20 heavy (non-hydrogen) atoms. The molecule has 0 amide bonds. The van der Waals surface area contributed by atoms with Crippen LogP contribution in [0.3, 0.4) is 0 Å². The molecule has 0 unspecified atom stereocenters. The first-order chi connectivity index (χ1) is 9.78. The Balaban J connectivity index is 1.68. The van der Waals surface area contributed by atoms with Crippen LogP contribution in [0.1, 0.15) is 25.3 Å². The van der Waals surface area contributed by atoms with E-state index in [4.69, 9.17) is 0 Å². The van der Waals surface area contributed by atoms with Gasteiger partial charge in [-0.2, -0.15) is 0 Å². The van der Waals surface area contributed by atoms with Crippen LogP contribution in [-0.4, -0.2) is 43.4 Å². The number of thioether (sulfide) groups is 1. The van der Waals surface area contributed by atoms with Gasteiger partial charge in [0.15, 0.2) is 0 Å². The molecule has 1 N–H and O–H groups in total. The molecule has 0 spiro atoms. The van der Waals surface area contributed by atoms with E-state index in [1.165, 1.54) is 61.8 Å². The number of aryl methyl sites for hydroxylation is 1. The zero-order chi connectivity index (χ0) is 14.2. The lowest BCUT2D eigenvalue weighted by Crippen LogP contribution is -2.37. The predicted octanol–water partition coefficient (Wildman–Crippen LogP) is 3.41. The molecule has 0 aliphatic carbocycles. The van der Waals surface area contributed by atoms with Gasteiger partial charge in [0.25, 0.3) is 0 Å². The van der Waals surface area contributed by atoms with Crippen molar-refractivity contribution in [3.63, 3.8) is 0 Å². The molecule has 1 aliphatic rings. The fourth-order valence-corrected chi connectivity index (χ4v) is 3.65. The van der Waals surface area contributed by atoms with Gasteiger partial charge in [-0.3, -0.25) is 0 Å². The van der Waals surface area contributed by atoms with Gasteiger partial charge in [0.2, 0.25) is 0 Å². The van der Waals surface area contributed by atoms with Gasteiger partial charge in [-0.1, -0.05) is 24.6 Å². The van der Waals surface area contributed by atoms with E-state index in [0.29, 0.717) is 0 Å². The fraction of sp³-hybridized carbons (Fsp3) is 0.647. The summed E-state index contributed by atoms with van der Waals surface area (Å²) < 4.78 is 0. The number of rotatable bonds is 7. The van der Waals surface area contributed by atoms with Gasteiger partial charge in [-0.25, -0.2) is 0 Å². The van der Waals surface area contributed by atoms with E-state index < -0.39 is 0 Å². The second kappa shape index (κ2) is 8.71. The standard InChI is InChI=1S/C17H28N2S/c1-3-19(14-16-8-10-18-11-9-16)12-13-20-17-6-4-15(2)5-7-17/h4-7,16,18H,3,8-14H2,1-2H3. The quantitative estimate of drug-likeness (QED) is 0.775. The van der Waals surface area contributed by atoms with E-state index in [9.17, 15) is 0 Å². The number of hydrogen-bond donors (Lipinski definition) is 1. The summed E-state index contributed by atoms with van der Waals surface area (Å²) in [5.41, 5.74) is 1.34. The molecule has 0 saturated carbocycles. The minimum absolute atomic E-state index is 0.903. The Kier molecular flexibility index (Phi) is 6.91. The van der Waals surface area contributed by atoms with Gasteiger partial charge in [0.1, 0.15) is 0 Å². The molecular formula is C17H28N2S. The summed E-state index contributed by atoms with van der Waals surface area (Å²) in [5.74, 6) is 2.10. The fourth-order valence-electron chi connectivity index (χ4n) is 2.74. The number of hydrogen-bond acceptors (Lipinski definition) is 3. The third-order valence-electron chi connectivity index (χ3n) is 4.12. The van der Waals surface area contributed by atoms with Crippen molar-refractivity contribution < 1.29 is 0 Å². The number of piperidine rings is 1. The van der Waals surface area contributed by atoms with Crippen molar-refractivity contribution in [2.45, 2.75) is 31.6 Å². The Bertz CT molecular complexity index is 371. The van der Waals surface area contributed by atoms with Crippen molar-refractivity contribution >= 4 is 11.8 Å². The maximum absolute atomic E-state index is 3.45. The van der Waals surface area contributed by atoms with Crippen LogP contribution < -0.4 is 5.32 Å². The maximum atomic E-state index is 3.45. The Labute approximate surface area is 128 Å². The summed E-state index contributed by atoms with van der Waals surface area (Å²) in [5, 5.41) is 3.45. The summed E-state index contributed by atoms with van der Waals surface area (Å²) >= 11 is 1.98. The number of benzene rings is 1. The van der Waals surface area contributed by atoms with Crippen LogP contribution in [0, 0.1) is 12.8 Å². The highest BCUT2D eigenvalue weighted by Crippen LogP contribution is 2.19. The summed E-state index contributed by atoms with van der Waals surface area (Å²) in [6.45, 7) is 10.5. The lowest BCUT2D eigenvalue weighted by atomic mass is 9.97. The molecule has 1 saturated heterocycles. The summed E-state index contributed by atoms with van der Waals surface area (Å²) in [6, 6.07) is 8.89. The molecule has 0 radical (unpaired) electrons. The van der Waals surface area contributed by atoms with Crippen LogP contribution in [-0.2, 0) is 0 Å². The van der Waals surface area contributed by atoms with Crippen LogP contribution in [0.25, 0.3) is 0 Å². The predicted molar refractivity (Wildman–Crippen MR) is 89.6 cm³/mol. The summed E-state index contributed by atoms with van der Waals surface area (Å²) in [6.07, 6.45) is 2.70. The van der Waals surface area contributed by atoms with Gasteiger partial charge in [0.05, 0.1) is 0 Å². The first-order valence-electron chi connectivity index (χ1n) is 7.90. The Morgan fingerprint density at radius 1 is 1.20 bits per heavy atom. The first kappa shape index (κ1) is 15.9. The molecule has 1 aliphatic heterocycles. The van der Waals surface area contributed by atoms with E-state index in [-0.39, 0.29) is 0 Å². The molecule has 3 heteroatoms. The topological polar surface area (TPSA) is 15.3 Å². The van der Waals surface area contributed by atoms with Crippen molar-refractivity contribution in [3.05, 3.63) is 29.8 Å². The molecule has 0 bridgehead atoms. The lowest BCUT2D eigenvalue weighted by Gasteiger charge is -2.29. The zero-order valence-corrected chi connectivity index (χ0v) is 13.7. The second-order valence-electron chi connectivity index (χ2n) is 5.75. The van der Waals surface area contributed by atoms with E-state index in [2.05, 4.69) is 48.3 Å². The van der Waals surface area contributed by atoms with Crippen molar-refractivity contribution in [3.8, 4) is 0 Å². The van der Waals surface area contributed by atoms with Gasteiger partial charge >= 0.3 is 0 Å². The Hall–Kier alpha value is -0.510. The van der Waals surface area contributed by atoms with Crippen molar-refractivity contribution in [2.24, 2.45) is 5.92 Å². The van der Waals surface area contributed by atoms with Crippen LogP contribution in [0.5, 0.6) is 0 Å². The highest BCUT2D eigenvalue weighted by Gasteiger charge is 2.15. The number of nitrogens with one attached hydrogen (secondary N) is 1.